The highest BCUT2D eigenvalue weighted by Crippen LogP contribution is 2.38. The van der Waals surface area contributed by atoms with Gasteiger partial charge in [-0.15, -0.1) is 0 Å². The number of ether oxygens (including phenoxy) is 1. The number of cyclic esters (lactones) is 1. The van der Waals surface area contributed by atoms with E-state index >= 15 is 0 Å². The molecule has 0 unspecified atom stereocenters. The second-order valence-corrected chi connectivity index (χ2v) is 11.1. The Bertz CT molecular complexity index is 1090. The molecular weight excluding hydrogens is 496 g/mol. The van der Waals surface area contributed by atoms with Crippen LogP contribution in [-0.2, 0) is 16.1 Å². The average molecular weight is 539 g/mol. The number of carbonyl (C=O) groups excluding carboxylic acids is 2. The van der Waals surface area contributed by atoms with E-state index in [2.05, 4.69) is 9.88 Å². The predicted molar refractivity (Wildman–Crippen MR) is 149 cm³/mol. The molecule has 1 spiro atoms. The molecule has 2 atom stereocenters. The van der Waals surface area contributed by atoms with Crippen LogP contribution in [0, 0.1) is 5.41 Å². The van der Waals surface area contributed by atoms with E-state index in [1.807, 2.05) is 61.5 Å². The molecule has 1 aromatic carbocycles. The van der Waals surface area contributed by atoms with Crippen LogP contribution in [0.4, 0.5) is 5.69 Å². The number of anilines is 1. The van der Waals surface area contributed by atoms with Gasteiger partial charge in [-0.25, -0.2) is 0 Å². The van der Waals surface area contributed by atoms with Crippen LogP contribution >= 0.6 is 0 Å². The fourth-order valence-electron chi connectivity index (χ4n) is 5.50. The molecule has 2 N–H and O–H groups in total. The maximum atomic E-state index is 13.5. The van der Waals surface area contributed by atoms with Crippen molar-refractivity contribution in [2.75, 3.05) is 51.8 Å². The van der Waals surface area contributed by atoms with Gasteiger partial charge >= 0.3 is 5.97 Å². The first-order valence-corrected chi connectivity index (χ1v) is 14.0. The standard InChI is InChI=1S/C30H42N4O5/c1-32(2)25-10-7-8-23(20-25)28(37)34-16-6-4-12-30(29(38)39-22-27(36)26(35)11-17-34)13-18-33(19-14-30)21-24-9-3-5-15-31-24/h3,5,7-10,15,20,26-27,35-36H,4,6,11-14,16-19,21-22H2,1-2H3/t26-,27+/m0/s1. The van der Waals surface area contributed by atoms with E-state index in [-0.39, 0.29) is 24.9 Å². The number of pyridine rings is 1. The Morgan fingerprint density at radius 2 is 1.82 bits per heavy atom. The average Bonchev–Trinajstić information content (AvgIpc) is 2.96. The number of hydrogen-bond acceptors (Lipinski definition) is 8. The van der Waals surface area contributed by atoms with Gasteiger partial charge in [0.25, 0.3) is 5.91 Å². The van der Waals surface area contributed by atoms with Gasteiger partial charge in [0.05, 0.1) is 17.2 Å². The van der Waals surface area contributed by atoms with Crippen LogP contribution in [0.25, 0.3) is 0 Å². The number of carbonyl (C=O) groups is 2. The van der Waals surface area contributed by atoms with Crippen molar-refractivity contribution in [3.05, 3.63) is 59.9 Å². The molecule has 4 rings (SSSR count). The van der Waals surface area contributed by atoms with E-state index in [1.54, 1.807) is 11.1 Å². The molecule has 1 aromatic heterocycles. The van der Waals surface area contributed by atoms with E-state index in [0.717, 1.165) is 43.9 Å². The quantitative estimate of drug-likeness (QED) is 0.573. The SMILES string of the molecule is CN(C)c1cccc(C(=O)N2CCCCC3(CCN(Cc4ccccn4)CC3)C(=O)OC[C@@H](O)[C@@H](O)CC2)c1. The van der Waals surface area contributed by atoms with Gasteiger partial charge in [0.2, 0.25) is 0 Å². The Hall–Kier alpha value is -3.01. The van der Waals surface area contributed by atoms with Crippen LogP contribution < -0.4 is 4.90 Å². The topological polar surface area (TPSA) is 106 Å². The number of nitrogens with zero attached hydrogens (tertiary/aromatic N) is 4. The summed E-state index contributed by atoms with van der Waals surface area (Å²) in [5.41, 5.74) is 1.91. The van der Waals surface area contributed by atoms with Gasteiger partial charge in [-0.05, 0) is 75.5 Å². The number of aromatic nitrogens is 1. The van der Waals surface area contributed by atoms with E-state index < -0.39 is 17.6 Å². The number of hydrogen-bond donors (Lipinski definition) is 2. The van der Waals surface area contributed by atoms with Crippen molar-refractivity contribution in [1.82, 2.24) is 14.8 Å². The van der Waals surface area contributed by atoms with Gasteiger partial charge < -0.3 is 24.7 Å². The fourth-order valence-corrected chi connectivity index (χ4v) is 5.50. The van der Waals surface area contributed by atoms with E-state index in [1.165, 1.54) is 0 Å². The van der Waals surface area contributed by atoms with Crippen molar-refractivity contribution >= 4 is 17.6 Å². The molecule has 0 aliphatic carbocycles. The minimum atomic E-state index is -1.20. The van der Waals surface area contributed by atoms with Gasteiger partial charge in [-0.1, -0.05) is 18.6 Å². The number of piperidine rings is 1. The lowest BCUT2D eigenvalue weighted by molar-refractivity contribution is -0.165. The maximum Gasteiger partial charge on any atom is 0.312 e. The number of amides is 1. The molecule has 9 heteroatoms. The van der Waals surface area contributed by atoms with Gasteiger partial charge in [0, 0.05) is 51.2 Å². The van der Waals surface area contributed by atoms with Crippen LogP contribution in [0.1, 0.15) is 54.6 Å². The van der Waals surface area contributed by atoms with Crippen LogP contribution in [0.3, 0.4) is 0 Å². The molecule has 9 nitrogen and oxygen atoms in total. The minimum Gasteiger partial charge on any atom is -0.462 e. The molecule has 0 saturated carbocycles. The maximum absolute atomic E-state index is 13.5. The summed E-state index contributed by atoms with van der Waals surface area (Å²) in [6.45, 7) is 2.82. The molecule has 1 amide bonds. The smallest absolute Gasteiger partial charge is 0.312 e. The Kier molecular flexibility index (Phi) is 9.94. The minimum absolute atomic E-state index is 0.0971. The van der Waals surface area contributed by atoms with Crippen molar-refractivity contribution < 1.29 is 24.5 Å². The molecule has 0 bridgehead atoms. The first kappa shape index (κ1) is 29.0. The Morgan fingerprint density at radius 3 is 2.54 bits per heavy atom. The lowest BCUT2D eigenvalue weighted by Gasteiger charge is -2.40. The highest BCUT2D eigenvalue weighted by Gasteiger charge is 2.42. The van der Waals surface area contributed by atoms with Crippen molar-refractivity contribution in [1.29, 1.82) is 0 Å². The molecule has 39 heavy (non-hydrogen) atoms. The summed E-state index contributed by atoms with van der Waals surface area (Å²) in [5.74, 6) is -0.390. The lowest BCUT2D eigenvalue weighted by atomic mass is 9.74. The first-order valence-electron chi connectivity index (χ1n) is 14.0. The van der Waals surface area contributed by atoms with Crippen molar-refractivity contribution in [3.63, 3.8) is 0 Å². The summed E-state index contributed by atoms with van der Waals surface area (Å²) in [4.78, 5) is 37.2. The zero-order valence-electron chi connectivity index (χ0n) is 23.2. The summed E-state index contributed by atoms with van der Waals surface area (Å²) in [7, 11) is 3.87. The molecule has 2 fully saturated rings. The van der Waals surface area contributed by atoms with Crippen LogP contribution in [0.15, 0.2) is 48.7 Å². The van der Waals surface area contributed by atoms with Gasteiger partial charge in [-0.2, -0.15) is 0 Å². The third kappa shape index (κ3) is 7.56. The molecule has 2 aliphatic heterocycles. The van der Waals surface area contributed by atoms with Crippen molar-refractivity contribution in [2.24, 2.45) is 5.41 Å². The fraction of sp³-hybridized carbons (Fsp3) is 0.567. The largest absolute Gasteiger partial charge is 0.462 e. The molecular formula is C30H42N4O5. The third-order valence-electron chi connectivity index (χ3n) is 8.11. The summed E-state index contributed by atoms with van der Waals surface area (Å²) >= 11 is 0. The Balaban J connectivity index is 1.44. The number of rotatable bonds is 4. The van der Waals surface area contributed by atoms with Crippen LogP contribution in [0.2, 0.25) is 0 Å². The van der Waals surface area contributed by atoms with Crippen molar-refractivity contribution in [3.8, 4) is 0 Å². The summed E-state index contributed by atoms with van der Waals surface area (Å²) < 4.78 is 5.60. The summed E-state index contributed by atoms with van der Waals surface area (Å²) in [6, 6.07) is 13.4. The molecule has 0 radical (unpaired) electrons. The van der Waals surface area contributed by atoms with E-state index in [4.69, 9.17) is 4.74 Å². The highest BCUT2D eigenvalue weighted by atomic mass is 16.5. The third-order valence-corrected chi connectivity index (χ3v) is 8.11. The van der Waals surface area contributed by atoms with Crippen molar-refractivity contribution in [2.45, 2.75) is 57.3 Å². The normalized spacial score (nSPS) is 23.3. The number of aliphatic hydroxyl groups is 2. The molecule has 212 valence electrons. The van der Waals surface area contributed by atoms with Crippen LogP contribution in [0.5, 0.6) is 0 Å². The summed E-state index contributed by atoms with van der Waals surface area (Å²) in [5, 5.41) is 21.1. The molecule has 2 saturated heterocycles. The summed E-state index contributed by atoms with van der Waals surface area (Å²) in [6.07, 6.45) is 3.20. The monoisotopic (exact) mass is 538 g/mol. The van der Waals surface area contributed by atoms with Crippen LogP contribution in [-0.4, -0.2) is 96.0 Å². The van der Waals surface area contributed by atoms with E-state index in [0.29, 0.717) is 37.9 Å². The molecule has 2 aromatic rings. The highest BCUT2D eigenvalue weighted by molar-refractivity contribution is 5.95. The molecule has 3 heterocycles. The number of aliphatic hydroxyl groups excluding tert-OH is 2. The number of benzene rings is 1. The lowest BCUT2D eigenvalue weighted by Crippen LogP contribution is -2.46. The number of esters is 1. The second-order valence-electron chi connectivity index (χ2n) is 11.1. The predicted octanol–water partition coefficient (Wildman–Crippen LogP) is 2.71. The van der Waals surface area contributed by atoms with Gasteiger partial charge in [-0.3, -0.25) is 19.5 Å². The van der Waals surface area contributed by atoms with Gasteiger partial charge in [0.15, 0.2) is 0 Å². The zero-order valence-corrected chi connectivity index (χ0v) is 23.2. The first-order chi connectivity index (χ1) is 18.8. The Morgan fingerprint density at radius 1 is 1.03 bits per heavy atom. The Labute approximate surface area is 231 Å². The number of likely N-dealkylation sites (tertiary alicyclic amines) is 1. The van der Waals surface area contributed by atoms with Gasteiger partial charge in [0.1, 0.15) is 12.7 Å². The van der Waals surface area contributed by atoms with E-state index in [9.17, 15) is 19.8 Å². The zero-order chi connectivity index (χ0) is 27.8. The second kappa shape index (κ2) is 13.4. The molecule has 2 aliphatic rings.